The zero-order chi connectivity index (χ0) is 20.2. The van der Waals surface area contributed by atoms with Crippen LogP contribution in [0.1, 0.15) is 17.9 Å². The minimum atomic E-state index is -5.11. The number of hydrogen-bond acceptors (Lipinski definition) is 7. The lowest BCUT2D eigenvalue weighted by Gasteiger charge is -2.26. The van der Waals surface area contributed by atoms with Crippen molar-refractivity contribution in [2.45, 2.75) is 22.4 Å². The Bertz CT molecular complexity index is 935. The number of alkyl halides is 1. The highest BCUT2D eigenvalue weighted by molar-refractivity contribution is 7.92. The SMILES string of the molecule is O=[N+]([O-])c1ccc([C@H](CCO)C(F)([N+](=O)[O-])S(=O)(=O)c2ccccc2)cc1. The first-order valence-electron chi connectivity index (χ1n) is 7.64. The van der Waals surface area contributed by atoms with Crippen LogP contribution in [0.5, 0.6) is 0 Å². The molecule has 0 aromatic heterocycles. The van der Waals surface area contributed by atoms with Crippen molar-refractivity contribution < 1.29 is 27.8 Å². The molecule has 0 aliphatic rings. The second kappa shape index (κ2) is 7.76. The van der Waals surface area contributed by atoms with Crippen LogP contribution < -0.4 is 0 Å². The van der Waals surface area contributed by atoms with Crippen molar-refractivity contribution in [2.75, 3.05) is 6.61 Å². The van der Waals surface area contributed by atoms with Crippen LogP contribution in [0, 0.1) is 20.2 Å². The fraction of sp³-hybridized carbons (Fsp3) is 0.250. The van der Waals surface area contributed by atoms with Crippen LogP contribution in [-0.2, 0) is 9.84 Å². The van der Waals surface area contributed by atoms with Gasteiger partial charge in [-0.3, -0.25) is 20.2 Å². The lowest BCUT2D eigenvalue weighted by Crippen LogP contribution is -2.47. The largest absolute Gasteiger partial charge is 0.469 e. The Morgan fingerprint density at radius 1 is 1.04 bits per heavy atom. The number of nitro benzene ring substituents is 1. The van der Waals surface area contributed by atoms with E-state index in [0.29, 0.717) is 0 Å². The van der Waals surface area contributed by atoms with E-state index in [1.807, 2.05) is 0 Å². The predicted molar refractivity (Wildman–Crippen MR) is 92.0 cm³/mol. The average molecular weight is 398 g/mol. The van der Waals surface area contributed by atoms with E-state index in [1.54, 1.807) is 0 Å². The summed E-state index contributed by atoms with van der Waals surface area (Å²) in [5.74, 6) is -1.89. The van der Waals surface area contributed by atoms with Gasteiger partial charge in [-0.1, -0.05) is 30.3 Å². The van der Waals surface area contributed by atoms with Crippen LogP contribution in [0.25, 0.3) is 0 Å². The Hall–Kier alpha value is -2.92. The zero-order valence-electron chi connectivity index (χ0n) is 13.8. The Morgan fingerprint density at radius 2 is 1.59 bits per heavy atom. The monoisotopic (exact) mass is 398 g/mol. The predicted octanol–water partition coefficient (Wildman–Crippen LogP) is 2.43. The molecule has 1 unspecified atom stereocenters. The van der Waals surface area contributed by atoms with E-state index in [2.05, 4.69) is 0 Å². The summed E-state index contributed by atoms with van der Waals surface area (Å²) in [6.45, 7) is -0.731. The number of rotatable bonds is 8. The molecule has 0 amide bonds. The molecule has 0 aliphatic heterocycles. The molecule has 2 atom stereocenters. The second-order valence-electron chi connectivity index (χ2n) is 5.60. The maximum atomic E-state index is 15.6. The summed E-state index contributed by atoms with van der Waals surface area (Å²) in [7, 11) is -5.11. The lowest BCUT2D eigenvalue weighted by molar-refractivity contribution is -0.579. The van der Waals surface area contributed by atoms with Gasteiger partial charge < -0.3 is 5.11 Å². The molecule has 0 aliphatic carbocycles. The highest BCUT2D eigenvalue weighted by Crippen LogP contribution is 2.42. The average Bonchev–Trinajstić information content (AvgIpc) is 2.66. The van der Waals surface area contributed by atoms with E-state index >= 15 is 4.39 Å². The van der Waals surface area contributed by atoms with Crippen LogP contribution in [0.3, 0.4) is 0 Å². The molecule has 0 heterocycles. The Balaban J connectivity index is 2.65. The third-order valence-electron chi connectivity index (χ3n) is 4.03. The fourth-order valence-electron chi connectivity index (χ4n) is 2.69. The molecular formula is C16H15FN2O7S. The molecule has 1 N–H and O–H groups in total. The molecule has 0 spiro atoms. The summed E-state index contributed by atoms with van der Waals surface area (Å²) in [4.78, 5) is 19.5. The minimum absolute atomic E-state index is 0.159. The smallest absolute Gasteiger partial charge is 0.396 e. The van der Waals surface area contributed by atoms with Crippen LogP contribution in [0.15, 0.2) is 59.5 Å². The quantitative estimate of drug-likeness (QED) is 0.409. The number of sulfone groups is 1. The summed E-state index contributed by atoms with van der Waals surface area (Å²) in [6, 6.07) is 10.1. The molecule has 0 bridgehead atoms. The maximum absolute atomic E-state index is 15.6. The first-order chi connectivity index (χ1) is 12.7. The van der Waals surface area contributed by atoms with Gasteiger partial charge in [-0.15, -0.1) is 4.39 Å². The van der Waals surface area contributed by atoms with E-state index in [0.717, 1.165) is 36.4 Å². The van der Waals surface area contributed by atoms with Crippen LogP contribution >= 0.6 is 0 Å². The summed E-state index contributed by atoms with van der Waals surface area (Å²) < 4.78 is 41.1. The summed E-state index contributed by atoms with van der Waals surface area (Å²) in [6.07, 6.45) is -0.582. The highest BCUT2D eigenvalue weighted by atomic mass is 32.2. The molecule has 0 saturated heterocycles. The van der Waals surface area contributed by atoms with E-state index in [-0.39, 0.29) is 11.3 Å². The molecule has 0 fully saturated rings. The van der Waals surface area contributed by atoms with E-state index in [4.69, 9.17) is 0 Å². The molecule has 0 saturated carbocycles. The third-order valence-corrected chi connectivity index (χ3v) is 6.11. The normalized spacial score (nSPS) is 14.9. The molecule has 2 aromatic rings. The Morgan fingerprint density at radius 3 is 2.04 bits per heavy atom. The van der Waals surface area contributed by atoms with Crippen molar-refractivity contribution >= 4 is 15.5 Å². The molecule has 11 heteroatoms. The number of aliphatic hydroxyl groups is 1. The van der Waals surface area contributed by atoms with Gasteiger partial charge >= 0.3 is 5.12 Å². The third kappa shape index (κ3) is 3.64. The van der Waals surface area contributed by atoms with Gasteiger partial charge in [-0.2, -0.15) is 0 Å². The van der Waals surface area contributed by atoms with Gasteiger partial charge in [0.15, 0.2) is 0 Å². The van der Waals surface area contributed by atoms with Crippen LogP contribution in [0.4, 0.5) is 10.1 Å². The standard InChI is InChI=1S/C16H15FN2O7S/c17-16(19(23)24,27(25,26)14-4-2-1-3-5-14)15(10-11-20)12-6-8-13(9-7-12)18(21)22/h1-9,15,20H,10-11H2/t15-,16?/m0/s1. The summed E-state index contributed by atoms with van der Waals surface area (Å²) >= 11 is 0. The molecule has 2 rings (SSSR count). The number of halogens is 1. The van der Waals surface area contributed by atoms with Crippen molar-refractivity contribution in [3.05, 3.63) is 80.4 Å². The molecule has 2 aromatic carbocycles. The number of nitrogens with zero attached hydrogens (tertiary/aromatic N) is 2. The summed E-state index contributed by atoms with van der Waals surface area (Å²) in [5, 5.41) is 27.6. The van der Waals surface area contributed by atoms with Crippen LogP contribution in [0.2, 0.25) is 0 Å². The van der Waals surface area contributed by atoms with Gasteiger partial charge in [0.1, 0.15) is 5.92 Å². The molecule has 0 radical (unpaired) electrons. The van der Waals surface area contributed by atoms with Crippen molar-refractivity contribution in [1.82, 2.24) is 0 Å². The van der Waals surface area contributed by atoms with Gasteiger partial charge in [0.2, 0.25) is 0 Å². The Labute approximate surface area is 153 Å². The van der Waals surface area contributed by atoms with Crippen molar-refractivity contribution in [1.29, 1.82) is 0 Å². The van der Waals surface area contributed by atoms with Gasteiger partial charge in [-0.05, 0) is 24.1 Å². The molecule has 9 nitrogen and oxygen atoms in total. The van der Waals surface area contributed by atoms with Gasteiger partial charge in [0.25, 0.3) is 15.5 Å². The number of benzene rings is 2. The number of hydrogen-bond donors (Lipinski definition) is 1. The molecule has 27 heavy (non-hydrogen) atoms. The second-order valence-corrected chi connectivity index (χ2v) is 7.65. The van der Waals surface area contributed by atoms with E-state index in [1.165, 1.54) is 18.2 Å². The Kier molecular flexibility index (Phi) is 5.86. The number of non-ortho nitro benzene ring substituents is 1. The van der Waals surface area contributed by atoms with Crippen LogP contribution in [-0.4, -0.2) is 35.1 Å². The minimum Gasteiger partial charge on any atom is -0.396 e. The van der Waals surface area contributed by atoms with Crippen molar-refractivity contribution in [3.63, 3.8) is 0 Å². The maximum Gasteiger partial charge on any atom is 0.469 e. The molecular weight excluding hydrogens is 383 g/mol. The van der Waals surface area contributed by atoms with E-state index in [9.17, 15) is 33.8 Å². The van der Waals surface area contributed by atoms with Crippen molar-refractivity contribution in [3.8, 4) is 0 Å². The topological polar surface area (TPSA) is 141 Å². The first kappa shape index (κ1) is 20.4. The zero-order valence-corrected chi connectivity index (χ0v) is 14.6. The first-order valence-corrected chi connectivity index (χ1v) is 9.13. The fourth-order valence-corrected chi connectivity index (χ4v) is 4.36. The van der Waals surface area contributed by atoms with Gasteiger partial charge in [0, 0.05) is 18.7 Å². The lowest BCUT2D eigenvalue weighted by atomic mass is 9.94. The van der Waals surface area contributed by atoms with E-state index < -0.39 is 48.6 Å². The van der Waals surface area contributed by atoms with Crippen molar-refractivity contribution in [2.24, 2.45) is 0 Å². The van der Waals surface area contributed by atoms with Gasteiger partial charge in [0.05, 0.1) is 14.7 Å². The summed E-state index contributed by atoms with van der Waals surface area (Å²) in [5.41, 5.74) is -0.508. The molecule has 144 valence electrons. The van der Waals surface area contributed by atoms with Gasteiger partial charge in [-0.25, -0.2) is 8.42 Å². The number of aliphatic hydroxyl groups excluding tert-OH is 1. The number of nitro groups is 2. The highest BCUT2D eigenvalue weighted by Gasteiger charge is 2.63.